The van der Waals surface area contributed by atoms with Crippen molar-refractivity contribution in [3.63, 3.8) is 0 Å². The molecule has 0 amide bonds. The van der Waals surface area contributed by atoms with Crippen molar-refractivity contribution in [2.75, 3.05) is 0 Å². The van der Waals surface area contributed by atoms with Gasteiger partial charge >= 0.3 is 0 Å². The molecule has 1 aromatic carbocycles. The third kappa shape index (κ3) is 1.40. The molecule has 3 nitrogen and oxygen atoms in total. The van der Waals surface area contributed by atoms with Crippen LogP contribution in [0.25, 0.3) is 10.6 Å². The van der Waals surface area contributed by atoms with Crippen LogP contribution in [0.4, 0.5) is 0 Å². The first-order chi connectivity index (χ1) is 6.83. The van der Waals surface area contributed by atoms with Crippen LogP contribution in [0.2, 0.25) is 0 Å². The second-order valence-corrected chi connectivity index (χ2v) is 3.59. The Hall–Kier alpha value is -1.68. The van der Waals surface area contributed by atoms with E-state index >= 15 is 0 Å². The largest absolute Gasteiger partial charge is 0.506 e. The van der Waals surface area contributed by atoms with Gasteiger partial charge in [0, 0.05) is 11.6 Å². The minimum absolute atomic E-state index is 0.00236. The zero-order chi connectivity index (χ0) is 9.97. The van der Waals surface area contributed by atoms with Gasteiger partial charge in [0.1, 0.15) is 10.8 Å². The molecule has 0 bridgehead atoms. The van der Waals surface area contributed by atoms with E-state index in [9.17, 15) is 9.90 Å². The van der Waals surface area contributed by atoms with Crippen LogP contribution in [0.15, 0.2) is 29.8 Å². The average Bonchev–Trinajstić information content (AvgIpc) is 2.71. The van der Waals surface area contributed by atoms with Crippen LogP contribution >= 0.6 is 11.3 Å². The quantitative estimate of drug-likeness (QED) is 0.765. The van der Waals surface area contributed by atoms with Crippen molar-refractivity contribution >= 4 is 17.6 Å². The number of rotatable bonds is 2. The first-order valence-corrected chi connectivity index (χ1v) is 4.88. The second kappa shape index (κ2) is 3.59. The Morgan fingerprint density at radius 3 is 2.93 bits per heavy atom. The Kier molecular flexibility index (Phi) is 2.28. The van der Waals surface area contributed by atoms with Crippen molar-refractivity contribution in [1.29, 1.82) is 0 Å². The van der Waals surface area contributed by atoms with E-state index < -0.39 is 0 Å². The van der Waals surface area contributed by atoms with Gasteiger partial charge in [-0.3, -0.25) is 4.79 Å². The second-order valence-electron chi connectivity index (χ2n) is 2.70. The van der Waals surface area contributed by atoms with Gasteiger partial charge in [-0.1, -0.05) is 6.07 Å². The monoisotopic (exact) mass is 205 g/mol. The number of carbonyl (C=O) groups excluding carboxylic acids is 1. The van der Waals surface area contributed by atoms with Crippen LogP contribution in [0.1, 0.15) is 10.4 Å². The first-order valence-electron chi connectivity index (χ1n) is 4.00. The van der Waals surface area contributed by atoms with Gasteiger partial charge in [0.2, 0.25) is 0 Å². The number of aromatic hydroxyl groups is 1. The topological polar surface area (TPSA) is 50.2 Å². The average molecular weight is 205 g/mol. The zero-order valence-corrected chi connectivity index (χ0v) is 7.99. The predicted molar refractivity (Wildman–Crippen MR) is 54.6 cm³/mol. The number of phenolic OH excluding ortho intramolecular Hbond substituents is 1. The van der Waals surface area contributed by atoms with E-state index in [-0.39, 0.29) is 11.3 Å². The molecule has 0 aliphatic heterocycles. The molecule has 1 heterocycles. The van der Waals surface area contributed by atoms with E-state index in [0.717, 1.165) is 0 Å². The number of nitrogens with zero attached hydrogens (tertiary/aromatic N) is 1. The Morgan fingerprint density at radius 2 is 2.29 bits per heavy atom. The molecule has 1 aromatic heterocycles. The number of aromatic nitrogens is 1. The van der Waals surface area contributed by atoms with Crippen molar-refractivity contribution in [3.8, 4) is 16.3 Å². The highest BCUT2D eigenvalue weighted by molar-refractivity contribution is 7.13. The van der Waals surface area contributed by atoms with Crippen molar-refractivity contribution in [2.45, 2.75) is 0 Å². The highest BCUT2D eigenvalue weighted by Gasteiger charge is 2.09. The summed E-state index contributed by atoms with van der Waals surface area (Å²) in [5.74, 6) is -0.00236. The fourth-order valence-electron chi connectivity index (χ4n) is 1.19. The number of thiazole rings is 1. The molecule has 0 spiro atoms. The van der Waals surface area contributed by atoms with Gasteiger partial charge in [-0.15, -0.1) is 11.3 Å². The summed E-state index contributed by atoms with van der Waals surface area (Å²) in [4.78, 5) is 14.6. The molecular weight excluding hydrogens is 198 g/mol. The summed E-state index contributed by atoms with van der Waals surface area (Å²) in [6.07, 6.45) is 2.29. The molecular formula is C10H7NO2S. The smallest absolute Gasteiger partial charge is 0.153 e. The lowest BCUT2D eigenvalue weighted by Gasteiger charge is -2.02. The van der Waals surface area contributed by atoms with Crippen LogP contribution in [0.3, 0.4) is 0 Å². The summed E-state index contributed by atoms with van der Waals surface area (Å²) in [5, 5.41) is 12.2. The molecule has 4 heteroatoms. The van der Waals surface area contributed by atoms with E-state index in [4.69, 9.17) is 0 Å². The summed E-state index contributed by atoms with van der Waals surface area (Å²) in [6.45, 7) is 0. The molecule has 1 N–H and O–H groups in total. The number of carbonyl (C=O) groups is 1. The van der Waals surface area contributed by atoms with Gasteiger partial charge in [0.05, 0.1) is 11.1 Å². The van der Waals surface area contributed by atoms with Crippen LogP contribution in [-0.4, -0.2) is 16.4 Å². The summed E-state index contributed by atoms with van der Waals surface area (Å²) in [7, 11) is 0. The van der Waals surface area contributed by atoms with Gasteiger partial charge in [-0.25, -0.2) is 4.98 Å². The van der Waals surface area contributed by atoms with E-state index in [0.29, 0.717) is 16.9 Å². The Labute approximate surface area is 84.7 Å². The van der Waals surface area contributed by atoms with Gasteiger partial charge in [-0.05, 0) is 12.1 Å². The predicted octanol–water partition coefficient (Wildman–Crippen LogP) is 2.33. The number of phenols is 1. The lowest BCUT2D eigenvalue weighted by Crippen LogP contribution is -1.84. The Morgan fingerprint density at radius 1 is 1.43 bits per heavy atom. The molecule has 0 saturated carbocycles. The highest BCUT2D eigenvalue weighted by atomic mass is 32.1. The van der Waals surface area contributed by atoms with Crippen molar-refractivity contribution < 1.29 is 9.90 Å². The fourth-order valence-corrected chi connectivity index (χ4v) is 1.85. The zero-order valence-electron chi connectivity index (χ0n) is 7.18. The van der Waals surface area contributed by atoms with E-state index in [1.54, 1.807) is 24.4 Å². The molecule has 2 rings (SSSR count). The standard InChI is InChI=1S/C10H7NO2S/c12-6-7-2-1-3-8(9(7)13)10-11-4-5-14-10/h1-6,13H. The number of hydrogen-bond acceptors (Lipinski definition) is 4. The van der Waals surface area contributed by atoms with Crippen molar-refractivity contribution in [1.82, 2.24) is 4.98 Å². The number of para-hydroxylation sites is 1. The van der Waals surface area contributed by atoms with E-state index in [1.165, 1.54) is 11.3 Å². The molecule has 0 aliphatic rings. The molecule has 0 unspecified atom stereocenters. The molecule has 0 fully saturated rings. The van der Waals surface area contributed by atoms with Crippen LogP contribution < -0.4 is 0 Å². The van der Waals surface area contributed by atoms with Crippen LogP contribution in [0, 0.1) is 0 Å². The minimum Gasteiger partial charge on any atom is -0.506 e. The van der Waals surface area contributed by atoms with Crippen molar-refractivity contribution in [3.05, 3.63) is 35.3 Å². The molecule has 0 aliphatic carbocycles. The summed E-state index contributed by atoms with van der Waals surface area (Å²) in [6, 6.07) is 5.03. The fraction of sp³-hybridized carbons (Fsp3) is 0. The third-order valence-corrected chi connectivity index (χ3v) is 2.66. The van der Waals surface area contributed by atoms with E-state index in [1.807, 2.05) is 5.38 Å². The summed E-state index contributed by atoms with van der Waals surface area (Å²) >= 11 is 1.42. The number of aldehydes is 1. The Bertz CT molecular complexity index is 451. The third-order valence-electron chi connectivity index (χ3n) is 1.86. The lowest BCUT2D eigenvalue weighted by atomic mass is 10.1. The SMILES string of the molecule is O=Cc1cccc(-c2nccs2)c1O. The summed E-state index contributed by atoms with van der Waals surface area (Å²) in [5.41, 5.74) is 0.891. The molecule has 70 valence electrons. The van der Waals surface area contributed by atoms with Crippen LogP contribution in [-0.2, 0) is 0 Å². The van der Waals surface area contributed by atoms with Crippen molar-refractivity contribution in [2.24, 2.45) is 0 Å². The number of benzene rings is 1. The number of hydrogen-bond donors (Lipinski definition) is 1. The highest BCUT2D eigenvalue weighted by Crippen LogP contribution is 2.32. The maximum atomic E-state index is 10.6. The van der Waals surface area contributed by atoms with Gasteiger partial charge in [-0.2, -0.15) is 0 Å². The van der Waals surface area contributed by atoms with Gasteiger partial charge in [0.15, 0.2) is 6.29 Å². The maximum Gasteiger partial charge on any atom is 0.153 e. The summed E-state index contributed by atoms with van der Waals surface area (Å²) < 4.78 is 0. The van der Waals surface area contributed by atoms with Gasteiger partial charge in [0.25, 0.3) is 0 Å². The van der Waals surface area contributed by atoms with Gasteiger partial charge < -0.3 is 5.11 Å². The molecule has 0 saturated heterocycles. The molecule has 0 atom stereocenters. The normalized spacial score (nSPS) is 10.0. The van der Waals surface area contributed by atoms with Crippen LogP contribution in [0.5, 0.6) is 5.75 Å². The lowest BCUT2D eigenvalue weighted by molar-refractivity contribution is 0.112. The molecule has 0 radical (unpaired) electrons. The minimum atomic E-state index is -0.00236. The first kappa shape index (κ1) is 8.90. The molecule has 14 heavy (non-hydrogen) atoms. The van der Waals surface area contributed by atoms with E-state index in [2.05, 4.69) is 4.98 Å². The maximum absolute atomic E-state index is 10.6. The Balaban J connectivity index is 2.60. The molecule has 2 aromatic rings.